The first kappa shape index (κ1) is 19.6. The van der Waals surface area contributed by atoms with Crippen molar-refractivity contribution in [2.75, 3.05) is 13.1 Å². The average Bonchev–Trinajstić information content (AvgIpc) is 2.69. The lowest BCUT2D eigenvalue weighted by molar-refractivity contribution is 0.0337. The second-order valence-corrected chi connectivity index (χ2v) is 8.81. The maximum atomic E-state index is 13.0. The average molecular weight is 388 g/mol. The Morgan fingerprint density at radius 1 is 1.04 bits per heavy atom. The molecule has 1 aliphatic heterocycles. The van der Waals surface area contributed by atoms with Gasteiger partial charge in [-0.25, -0.2) is 13.2 Å². The molecule has 1 unspecified atom stereocenters. The summed E-state index contributed by atoms with van der Waals surface area (Å²) in [6, 6.07) is 14.2. The lowest BCUT2D eigenvalue weighted by Gasteiger charge is -2.26. The minimum atomic E-state index is -3.60. The van der Waals surface area contributed by atoms with E-state index in [1.807, 2.05) is 30.3 Å². The van der Waals surface area contributed by atoms with Crippen LogP contribution in [0.15, 0.2) is 53.4 Å². The van der Waals surface area contributed by atoms with E-state index in [2.05, 4.69) is 0 Å². The Morgan fingerprint density at radius 3 is 2.37 bits per heavy atom. The molecule has 1 fully saturated rings. The fourth-order valence-corrected chi connectivity index (χ4v) is 5.04. The fraction of sp³-hybridized carbons (Fsp3) is 0.381. The molecular weight excluding hydrogens is 362 g/mol. The number of benzene rings is 2. The Labute approximate surface area is 161 Å². The van der Waals surface area contributed by atoms with E-state index in [0.717, 1.165) is 24.8 Å². The van der Waals surface area contributed by atoms with E-state index < -0.39 is 22.1 Å². The SMILES string of the molecule is Cc1ccc(C(=O)OC(C)c2ccccc2)cc1S(=O)(=O)N1CCCCC1. The number of aryl methyl sites for hydroxylation is 1. The highest BCUT2D eigenvalue weighted by atomic mass is 32.2. The highest BCUT2D eigenvalue weighted by molar-refractivity contribution is 7.89. The van der Waals surface area contributed by atoms with Gasteiger partial charge >= 0.3 is 5.97 Å². The zero-order valence-electron chi connectivity index (χ0n) is 15.7. The minimum Gasteiger partial charge on any atom is -0.454 e. The van der Waals surface area contributed by atoms with Gasteiger partial charge in [-0.2, -0.15) is 4.31 Å². The van der Waals surface area contributed by atoms with Crippen LogP contribution in [0.1, 0.15) is 53.8 Å². The van der Waals surface area contributed by atoms with Crippen molar-refractivity contribution in [2.24, 2.45) is 0 Å². The topological polar surface area (TPSA) is 63.7 Å². The normalized spacial score (nSPS) is 16.7. The van der Waals surface area contributed by atoms with Crippen LogP contribution in [0.5, 0.6) is 0 Å². The van der Waals surface area contributed by atoms with Crippen LogP contribution in [0.4, 0.5) is 0 Å². The number of sulfonamides is 1. The third-order valence-corrected chi connectivity index (χ3v) is 6.95. The maximum absolute atomic E-state index is 13.0. The van der Waals surface area contributed by atoms with Gasteiger partial charge in [0.15, 0.2) is 0 Å². The molecule has 0 aliphatic carbocycles. The first-order valence-electron chi connectivity index (χ1n) is 9.26. The molecule has 1 atom stereocenters. The van der Waals surface area contributed by atoms with Crippen molar-refractivity contribution >= 4 is 16.0 Å². The van der Waals surface area contributed by atoms with E-state index in [-0.39, 0.29) is 10.5 Å². The second-order valence-electron chi connectivity index (χ2n) is 6.90. The molecule has 0 amide bonds. The number of rotatable bonds is 5. The lowest BCUT2D eigenvalue weighted by Crippen LogP contribution is -2.36. The van der Waals surface area contributed by atoms with Gasteiger partial charge in [-0.1, -0.05) is 42.8 Å². The number of nitrogens with zero attached hydrogens (tertiary/aromatic N) is 1. The molecule has 5 nitrogen and oxygen atoms in total. The molecule has 1 aliphatic rings. The third kappa shape index (κ3) is 4.39. The second kappa shape index (κ2) is 8.23. The van der Waals surface area contributed by atoms with Crippen LogP contribution in [0, 0.1) is 6.92 Å². The van der Waals surface area contributed by atoms with Crippen LogP contribution in [0.2, 0.25) is 0 Å². The predicted octanol–water partition coefficient (Wildman–Crippen LogP) is 4.09. The monoisotopic (exact) mass is 387 g/mol. The van der Waals surface area contributed by atoms with Gasteiger partial charge in [0.05, 0.1) is 10.5 Å². The predicted molar refractivity (Wildman–Crippen MR) is 104 cm³/mol. The van der Waals surface area contributed by atoms with E-state index in [1.165, 1.54) is 10.4 Å². The van der Waals surface area contributed by atoms with Crippen molar-refractivity contribution in [1.82, 2.24) is 4.31 Å². The summed E-state index contributed by atoms with van der Waals surface area (Å²) < 4.78 is 33.0. The Hall–Kier alpha value is -2.18. The molecular formula is C21H25NO4S. The van der Waals surface area contributed by atoms with E-state index in [1.54, 1.807) is 26.0 Å². The maximum Gasteiger partial charge on any atom is 0.338 e. The molecule has 6 heteroatoms. The molecule has 0 radical (unpaired) electrons. The molecule has 0 bridgehead atoms. The molecule has 0 saturated carbocycles. The summed E-state index contributed by atoms with van der Waals surface area (Å²) in [5.74, 6) is -0.526. The number of ether oxygens (including phenoxy) is 1. The van der Waals surface area contributed by atoms with Crippen molar-refractivity contribution in [3.05, 3.63) is 65.2 Å². The summed E-state index contributed by atoms with van der Waals surface area (Å²) in [5, 5.41) is 0. The van der Waals surface area contributed by atoms with E-state index in [0.29, 0.717) is 18.7 Å². The molecule has 27 heavy (non-hydrogen) atoms. The first-order chi connectivity index (χ1) is 12.9. The van der Waals surface area contributed by atoms with Gasteiger partial charge in [0.25, 0.3) is 0 Å². The van der Waals surface area contributed by atoms with Crippen molar-refractivity contribution in [3.63, 3.8) is 0 Å². The van der Waals surface area contributed by atoms with Gasteiger partial charge in [-0.15, -0.1) is 0 Å². The summed E-state index contributed by atoms with van der Waals surface area (Å²) in [4.78, 5) is 12.8. The number of hydrogen-bond acceptors (Lipinski definition) is 4. The minimum absolute atomic E-state index is 0.186. The lowest BCUT2D eigenvalue weighted by atomic mass is 10.1. The molecule has 3 rings (SSSR count). The molecule has 2 aromatic rings. The molecule has 1 saturated heterocycles. The van der Waals surface area contributed by atoms with E-state index >= 15 is 0 Å². The summed E-state index contributed by atoms with van der Waals surface area (Å²) in [5.41, 5.74) is 1.77. The van der Waals surface area contributed by atoms with Gasteiger partial charge in [-0.3, -0.25) is 0 Å². The molecule has 0 spiro atoms. The molecule has 0 N–H and O–H groups in total. The van der Waals surface area contributed by atoms with E-state index in [4.69, 9.17) is 4.74 Å². The zero-order chi connectivity index (χ0) is 19.4. The van der Waals surface area contributed by atoms with Crippen LogP contribution >= 0.6 is 0 Å². The molecule has 0 aromatic heterocycles. The van der Waals surface area contributed by atoms with Crippen molar-refractivity contribution in [1.29, 1.82) is 0 Å². The molecule has 144 valence electrons. The van der Waals surface area contributed by atoms with Crippen LogP contribution < -0.4 is 0 Å². The standard InChI is InChI=1S/C21H25NO4S/c1-16-11-12-19(21(23)26-17(2)18-9-5-3-6-10-18)15-20(16)27(24,25)22-13-7-4-8-14-22/h3,5-6,9-12,15,17H,4,7-8,13-14H2,1-2H3. The number of hydrogen-bond donors (Lipinski definition) is 0. The summed E-state index contributed by atoms with van der Waals surface area (Å²) in [7, 11) is -3.60. The van der Waals surface area contributed by atoms with E-state index in [9.17, 15) is 13.2 Å². The van der Waals surface area contributed by atoms with Gasteiger partial charge in [0.1, 0.15) is 6.10 Å². The Kier molecular flexibility index (Phi) is 5.97. The van der Waals surface area contributed by atoms with Crippen molar-refractivity contribution in [3.8, 4) is 0 Å². The van der Waals surface area contributed by atoms with Crippen LogP contribution in [-0.4, -0.2) is 31.8 Å². The van der Waals surface area contributed by atoms with Crippen LogP contribution in [0.25, 0.3) is 0 Å². The zero-order valence-corrected chi connectivity index (χ0v) is 16.5. The Bertz CT molecular complexity index is 903. The first-order valence-corrected chi connectivity index (χ1v) is 10.7. The van der Waals surface area contributed by atoms with Gasteiger partial charge in [0, 0.05) is 13.1 Å². The molecule has 2 aromatic carbocycles. The number of piperidine rings is 1. The summed E-state index contributed by atoms with van der Waals surface area (Å²) >= 11 is 0. The largest absolute Gasteiger partial charge is 0.454 e. The Morgan fingerprint density at radius 2 is 1.70 bits per heavy atom. The van der Waals surface area contributed by atoms with Crippen LogP contribution in [-0.2, 0) is 14.8 Å². The summed E-state index contributed by atoms with van der Waals surface area (Å²) in [6.07, 6.45) is 2.37. The highest BCUT2D eigenvalue weighted by Crippen LogP contribution is 2.25. The number of esters is 1. The number of carbonyl (C=O) groups excluding carboxylic acids is 1. The van der Waals surface area contributed by atoms with Gasteiger partial charge in [0.2, 0.25) is 10.0 Å². The van der Waals surface area contributed by atoms with Crippen LogP contribution in [0.3, 0.4) is 0 Å². The molecule has 1 heterocycles. The third-order valence-electron chi connectivity index (χ3n) is 4.91. The highest BCUT2D eigenvalue weighted by Gasteiger charge is 2.28. The fourth-order valence-electron chi connectivity index (χ4n) is 3.27. The van der Waals surface area contributed by atoms with Gasteiger partial charge in [-0.05, 0) is 49.9 Å². The number of carbonyl (C=O) groups is 1. The quantitative estimate of drug-likeness (QED) is 0.725. The summed E-state index contributed by atoms with van der Waals surface area (Å²) in [6.45, 7) is 4.61. The van der Waals surface area contributed by atoms with Crippen molar-refractivity contribution < 1.29 is 17.9 Å². The van der Waals surface area contributed by atoms with Crippen molar-refractivity contribution in [2.45, 2.75) is 44.1 Å². The van der Waals surface area contributed by atoms with Gasteiger partial charge < -0.3 is 4.74 Å². The Balaban J connectivity index is 1.83. The smallest absolute Gasteiger partial charge is 0.338 e.